The van der Waals surface area contributed by atoms with Crippen LogP contribution >= 0.6 is 11.3 Å². The van der Waals surface area contributed by atoms with Crippen molar-refractivity contribution >= 4 is 17.2 Å². The van der Waals surface area contributed by atoms with E-state index in [0.717, 1.165) is 17.7 Å². The zero-order chi connectivity index (χ0) is 14.8. The second-order valence-corrected chi connectivity index (χ2v) is 7.34. The summed E-state index contributed by atoms with van der Waals surface area (Å²) < 4.78 is 0. The van der Waals surface area contributed by atoms with E-state index in [1.165, 1.54) is 21.8 Å². The van der Waals surface area contributed by atoms with Gasteiger partial charge >= 0.3 is 0 Å². The molecule has 1 amide bonds. The molecule has 0 radical (unpaired) electrons. The van der Waals surface area contributed by atoms with E-state index in [9.17, 15) is 9.90 Å². The Kier molecular flexibility index (Phi) is 4.80. The van der Waals surface area contributed by atoms with Crippen LogP contribution in [0.1, 0.15) is 61.2 Å². The summed E-state index contributed by atoms with van der Waals surface area (Å²) in [5.41, 5.74) is -0.396. The van der Waals surface area contributed by atoms with Crippen LogP contribution in [-0.2, 0) is 6.42 Å². The molecule has 1 aromatic heterocycles. The van der Waals surface area contributed by atoms with Crippen LogP contribution in [0.2, 0.25) is 0 Å². The summed E-state index contributed by atoms with van der Waals surface area (Å²) >= 11 is 1.52. The fourth-order valence-electron chi connectivity index (χ4n) is 1.65. The van der Waals surface area contributed by atoms with Gasteiger partial charge in [-0.3, -0.25) is 4.79 Å². The number of aryl methyl sites for hydroxylation is 2. The molecule has 1 heterocycles. The van der Waals surface area contributed by atoms with Crippen LogP contribution in [0.3, 0.4) is 0 Å². The van der Waals surface area contributed by atoms with Gasteiger partial charge in [-0.25, -0.2) is 0 Å². The predicted molar refractivity (Wildman–Crippen MR) is 80.9 cm³/mol. The first-order chi connectivity index (χ1) is 8.58. The molecule has 108 valence electrons. The Balaban J connectivity index is 2.87. The summed E-state index contributed by atoms with van der Waals surface area (Å²) in [5.74, 6) is -0.109. The molecule has 4 heteroatoms. The first-order valence-corrected chi connectivity index (χ1v) is 7.54. The lowest BCUT2D eigenvalue weighted by Crippen LogP contribution is -2.57. The van der Waals surface area contributed by atoms with Gasteiger partial charge in [0.1, 0.15) is 0 Å². The van der Waals surface area contributed by atoms with E-state index >= 15 is 0 Å². The Labute approximate surface area is 120 Å². The maximum Gasteiger partial charge on any atom is 0.261 e. The number of aliphatic hydroxyl groups is 1. The number of thiophene rings is 1. The predicted octanol–water partition coefficient (Wildman–Crippen LogP) is 3.29. The van der Waals surface area contributed by atoms with Crippen molar-refractivity contribution in [3.05, 3.63) is 21.4 Å². The molecule has 0 unspecified atom stereocenters. The Morgan fingerprint density at radius 3 is 2.42 bits per heavy atom. The minimum absolute atomic E-state index is 0.109. The Hall–Kier alpha value is -0.870. The third-order valence-electron chi connectivity index (χ3n) is 3.72. The lowest BCUT2D eigenvalue weighted by molar-refractivity contribution is -0.00284. The Morgan fingerprint density at radius 2 is 1.95 bits per heavy atom. The summed E-state index contributed by atoms with van der Waals surface area (Å²) in [6.07, 6.45) is 2.08. The van der Waals surface area contributed by atoms with Gasteiger partial charge in [0.25, 0.3) is 5.91 Å². The number of nitrogens with one attached hydrogen (secondary N) is 1. The SMILES string of the molecule is CCCc1cc(C(=O)NC(C)(C)C(C)(C)O)sc1C. The molecule has 0 aliphatic heterocycles. The van der Waals surface area contributed by atoms with E-state index in [1.54, 1.807) is 13.8 Å². The van der Waals surface area contributed by atoms with Gasteiger partial charge in [0, 0.05) is 4.88 Å². The summed E-state index contributed by atoms with van der Waals surface area (Å²) in [5, 5.41) is 13.0. The minimum Gasteiger partial charge on any atom is -0.388 e. The first kappa shape index (κ1) is 16.2. The standard InChI is InChI=1S/C15H25NO2S/c1-7-8-11-9-12(19-10(11)2)13(17)16-14(3,4)15(5,6)18/h9,18H,7-8H2,1-6H3,(H,16,17). The second kappa shape index (κ2) is 5.63. The summed E-state index contributed by atoms with van der Waals surface area (Å²) in [6, 6.07) is 1.97. The maximum atomic E-state index is 12.3. The number of carbonyl (C=O) groups is 1. The van der Waals surface area contributed by atoms with E-state index in [2.05, 4.69) is 12.2 Å². The molecule has 0 spiro atoms. The number of amides is 1. The molecule has 0 aliphatic rings. The van der Waals surface area contributed by atoms with Gasteiger partial charge in [0.2, 0.25) is 0 Å². The highest BCUT2D eigenvalue weighted by Crippen LogP contribution is 2.25. The molecular formula is C15H25NO2S. The lowest BCUT2D eigenvalue weighted by atomic mass is 9.86. The fraction of sp³-hybridized carbons (Fsp3) is 0.667. The smallest absolute Gasteiger partial charge is 0.261 e. The van der Waals surface area contributed by atoms with Crippen molar-refractivity contribution in [3.63, 3.8) is 0 Å². The molecule has 1 aromatic rings. The van der Waals surface area contributed by atoms with Gasteiger partial charge in [0.05, 0.1) is 16.0 Å². The third kappa shape index (κ3) is 3.80. The van der Waals surface area contributed by atoms with Crippen molar-refractivity contribution in [2.75, 3.05) is 0 Å². The van der Waals surface area contributed by atoms with Crippen LogP contribution in [0.15, 0.2) is 6.07 Å². The van der Waals surface area contributed by atoms with Gasteiger partial charge < -0.3 is 10.4 Å². The summed E-state index contributed by atoms with van der Waals surface area (Å²) in [6.45, 7) is 11.3. The van der Waals surface area contributed by atoms with Gasteiger partial charge in [0.15, 0.2) is 0 Å². The van der Waals surface area contributed by atoms with Gasteiger partial charge in [-0.1, -0.05) is 13.3 Å². The van der Waals surface area contributed by atoms with Gasteiger partial charge in [-0.2, -0.15) is 0 Å². The zero-order valence-corrected chi connectivity index (χ0v) is 13.6. The van der Waals surface area contributed by atoms with E-state index in [1.807, 2.05) is 26.8 Å². The van der Waals surface area contributed by atoms with Crippen molar-refractivity contribution in [2.24, 2.45) is 0 Å². The maximum absolute atomic E-state index is 12.3. The lowest BCUT2D eigenvalue weighted by Gasteiger charge is -2.37. The number of hydrogen-bond donors (Lipinski definition) is 2. The third-order valence-corrected chi connectivity index (χ3v) is 4.81. The highest BCUT2D eigenvalue weighted by molar-refractivity contribution is 7.14. The van der Waals surface area contributed by atoms with Crippen LogP contribution in [0.4, 0.5) is 0 Å². The second-order valence-electron chi connectivity index (χ2n) is 6.08. The molecule has 3 nitrogen and oxygen atoms in total. The average Bonchev–Trinajstić information content (AvgIpc) is 2.59. The number of rotatable bonds is 5. The van der Waals surface area contributed by atoms with E-state index in [-0.39, 0.29) is 5.91 Å². The topological polar surface area (TPSA) is 49.3 Å². The van der Waals surface area contributed by atoms with Crippen molar-refractivity contribution < 1.29 is 9.90 Å². The van der Waals surface area contributed by atoms with Gasteiger partial charge in [-0.15, -0.1) is 11.3 Å². The van der Waals surface area contributed by atoms with Crippen LogP contribution in [0.25, 0.3) is 0 Å². The Morgan fingerprint density at radius 1 is 1.37 bits per heavy atom. The molecule has 0 aromatic carbocycles. The van der Waals surface area contributed by atoms with Crippen molar-refractivity contribution in [2.45, 2.75) is 65.5 Å². The highest BCUT2D eigenvalue weighted by Gasteiger charge is 2.36. The minimum atomic E-state index is -0.971. The monoisotopic (exact) mass is 283 g/mol. The van der Waals surface area contributed by atoms with Gasteiger partial charge in [-0.05, 0) is 52.7 Å². The van der Waals surface area contributed by atoms with Crippen LogP contribution in [-0.4, -0.2) is 22.2 Å². The number of carbonyl (C=O) groups excluding carboxylic acids is 1. The normalized spacial score (nSPS) is 12.6. The molecule has 0 saturated heterocycles. The Bertz CT molecular complexity index is 455. The van der Waals surface area contributed by atoms with Crippen LogP contribution in [0, 0.1) is 6.92 Å². The molecule has 0 saturated carbocycles. The molecule has 19 heavy (non-hydrogen) atoms. The summed E-state index contributed by atoms with van der Waals surface area (Å²) in [4.78, 5) is 14.2. The zero-order valence-electron chi connectivity index (χ0n) is 12.8. The van der Waals surface area contributed by atoms with Crippen molar-refractivity contribution in [1.82, 2.24) is 5.32 Å². The van der Waals surface area contributed by atoms with Crippen LogP contribution in [0.5, 0.6) is 0 Å². The molecule has 0 fully saturated rings. The largest absolute Gasteiger partial charge is 0.388 e. The van der Waals surface area contributed by atoms with E-state index in [4.69, 9.17) is 0 Å². The van der Waals surface area contributed by atoms with E-state index in [0.29, 0.717) is 0 Å². The fourth-order valence-corrected chi connectivity index (χ4v) is 2.61. The van der Waals surface area contributed by atoms with Crippen molar-refractivity contribution in [3.8, 4) is 0 Å². The number of hydrogen-bond acceptors (Lipinski definition) is 3. The molecule has 1 rings (SSSR count). The van der Waals surface area contributed by atoms with Crippen molar-refractivity contribution in [1.29, 1.82) is 0 Å². The first-order valence-electron chi connectivity index (χ1n) is 6.72. The van der Waals surface area contributed by atoms with Crippen LogP contribution < -0.4 is 5.32 Å². The molecule has 0 aliphatic carbocycles. The molecular weight excluding hydrogens is 258 g/mol. The quantitative estimate of drug-likeness (QED) is 0.871. The molecule has 2 N–H and O–H groups in total. The molecule has 0 atom stereocenters. The highest BCUT2D eigenvalue weighted by atomic mass is 32.1. The van der Waals surface area contributed by atoms with E-state index < -0.39 is 11.1 Å². The molecule has 0 bridgehead atoms. The summed E-state index contributed by atoms with van der Waals surface area (Å²) in [7, 11) is 0. The average molecular weight is 283 g/mol.